The van der Waals surface area contributed by atoms with E-state index in [1.165, 1.54) is 6.21 Å². The number of anilines is 1. The SMILES string of the molecule is CCN(CC)c1ccc(/C=N/N2C(=O)N[C@@](C)(c3ccc(OC)cc3)C2=O)c(O)c1. The first-order valence-electron chi connectivity index (χ1n) is 9.77. The van der Waals surface area contributed by atoms with E-state index in [4.69, 9.17) is 4.74 Å². The van der Waals surface area contributed by atoms with Gasteiger partial charge in [0.2, 0.25) is 0 Å². The van der Waals surface area contributed by atoms with Crippen LogP contribution in [-0.2, 0) is 10.3 Å². The van der Waals surface area contributed by atoms with E-state index in [0.717, 1.165) is 23.8 Å². The maximum Gasteiger partial charge on any atom is 0.346 e. The topological polar surface area (TPSA) is 94.5 Å². The maximum atomic E-state index is 12.9. The molecule has 1 saturated heterocycles. The normalized spacial score (nSPS) is 18.7. The molecule has 158 valence electrons. The van der Waals surface area contributed by atoms with E-state index < -0.39 is 17.5 Å². The summed E-state index contributed by atoms with van der Waals surface area (Å²) in [6.07, 6.45) is 1.30. The molecule has 1 fully saturated rings. The molecule has 8 nitrogen and oxygen atoms in total. The van der Waals surface area contributed by atoms with Crippen molar-refractivity contribution < 1.29 is 19.4 Å². The number of hydrazone groups is 1. The molecule has 0 radical (unpaired) electrons. The number of rotatable bonds is 7. The summed E-state index contributed by atoms with van der Waals surface area (Å²) < 4.78 is 5.14. The van der Waals surface area contributed by atoms with E-state index in [9.17, 15) is 14.7 Å². The molecule has 0 bridgehead atoms. The lowest BCUT2D eigenvalue weighted by Crippen LogP contribution is -2.40. The molecule has 2 N–H and O–H groups in total. The predicted molar refractivity (Wildman–Crippen MR) is 115 cm³/mol. The Kier molecular flexibility index (Phi) is 5.96. The molecule has 1 atom stereocenters. The zero-order chi connectivity index (χ0) is 21.9. The van der Waals surface area contributed by atoms with Crippen LogP contribution in [0.2, 0.25) is 0 Å². The van der Waals surface area contributed by atoms with Gasteiger partial charge in [-0.3, -0.25) is 4.79 Å². The molecule has 0 aliphatic carbocycles. The molecule has 30 heavy (non-hydrogen) atoms. The van der Waals surface area contributed by atoms with Crippen LogP contribution in [0.25, 0.3) is 0 Å². The number of ether oxygens (including phenoxy) is 1. The lowest BCUT2D eigenvalue weighted by molar-refractivity contribution is -0.131. The van der Waals surface area contributed by atoms with Gasteiger partial charge in [-0.25, -0.2) is 4.79 Å². The van der Waals surface area contributed by atoms with Crippen molar-refractivity contribution in [3.8, 4) is 11.5 Å². The lowest BCUT2D eigenvalue weighted by Gasteiger charge is -2.21. The van der Waals surface area contributed by atoms with Crippen LogP contribution in [0.15, 0.2) is 47.6 Å². The second kappa shape index (κ2) is 8.44. The molecule has 1 heterocycles. The molecule has 1 aliphatic rings. The molecular weight excluding hydrogens is 384 g/mol. The Labute approximate surface area is 175 Å². The molecule has 0 unspecified atom stereocenters. The molecule has 0 aromatic heterocycles. The van der Waals surface area contributed by atoms with E-state index in [2.05, 4.69) is 15.3 Å². The van der Waals surface area contributed by atoms with Gasteiger partial charge in [-0.2, -0.15) is 5.10 Å². The number of methoxy groups -OCH3 is 1. The Morgan fingerprint density at radius 1 is 1.17 bits per heavy atom. The third kappa shape index (κ3) is 3.80. The average Bonchev–Trinajstić information content (AvgIpc) is 2.97. The van der Waals surface area contributed by atoms with E-state index >= 15 is 0 Å². The van der Waals surface area contributed by atoms with Crippen molar-refractivity contribution in [3.05, 3.63) is 53.6 Å². The first-order chi connectivity index (χ1) is 14.3. The summed E-state index contributed by atoms with van der Waals surface area (Å²) in [5, 5.41) is 17.8. The highest BCUT2D eigenvalue weighted by atomic mass is 16.5. The second-order valence-corrected chi connectivity index (χ2v) is 7.06. The van der Waals surface area contributed by atoms with Gasteiger partial charge in [-0.05, 0) is 50.6 Å². The zero-order valence-electron chi connectivity index (χ0n) is 17.5. The molecule has 2 aromatic carbocycles. The largest absolute Gasteiger partial charge is 0.507 e. The first kappa shape index (κ1) is 21.2. The minimum Gasteiger partial charge on any atom is -0.507 e. The van der Waals surface area contributed by atoms with Crippen LogP contribution >= 0.6 is 0 Å². The van der Waals surface area contributed by atoms with Gasteiger partial charge in [0.25, 0.3) is 5.91 Å². The minimum atomic E-state index is -1.24. The molecule has 3 amide bonds. The summed E-state index contributed by atoms with van der Waals surface area (Å²) in [4.78, 5) is 27.5. The summed E-state index contributed by atoms with van der Waals surface area (Å²) in [6, 6.07) is 11.5. The monoisotopic (exact) mass is 410 g/mol. The highest BCUT2D eigenvalue weighted by molar-refractivity contribution is 6.07. The van der Waals surface area contributed by atoms with Crippen molar-refractivity contribution in [2.24, 2.45) is 5.10 Å². The number of aromatic hydroxyl groups is 1. The number of hydrogen-bond donors (Lipinski definition) is 2. The van der Waals surface area contributed by atoms with Crippen molar-refractivity contribution in [2.75, 3.05) is 25.1 Å². The van der Waals surface area contributed by atoms with Gasteiger partial charge < -0.3 is 20.1 Å². The van der Waals surface area contributed by atoms with E-state index in [-0.39, 0.29) is 5.75 Å². The summed E-state index contributed by atoms with van der Waals surface area (Å²) in [5.41, 5.74) is 0.669. The predicted octanol–water partition coefficient (Wildman–Crippen LogP) is 3.05. The van der Waals surface area contributed by atoms with Crippen LogP contribution in [0.5, 0.6) is 11.5 Å². The standard InChI is InChI=1S/C22H26N4O4/c1-5-25(6-2)17-10-7-15(19(27)13-17)14-23-26-20(28)22(3,24-21(26)29)16-8-11-18(30-4)12-9-16/h7-14,27H,5-6H2,1-4H3,(H,24,29)/b23-14+/t22-/m0/s1. The number of carbonyl (C=O) groups excluding carboxylic acids is 2. The molecule has 2 aromatic rings. The molecule has 8 heteroatoms. The highest BCUT2D eigenvalue weighted by Crippen LogP contribution is 2.30. The number of hydrogen-bond acceptors (Lipinski definition) is 6. The Balaban J connectivity index is 1.82. The number of urea groups is 1. The third-order valence-corrected chi connectivity index (χ3v) is 5.29. The summed E-state index contributed by atoms with van der Waals surface area (Å²) in [7, 11) is 1.56. The number of phenols is 1. The van der Waals surface area contributed by atoms with E-state index in [0.29, 0.717) is 16.9 Å². The molecule has 0 saturated carbocycles. The summed E-state index contributed by atoms with van der Waals surface area (Å²) in [6.45, 7) is 7.33. The molecular formula is C22H26N4O4. The van der Waals surface area contributed by atoms with Crippen molar-refractivity contribution in [3.63, 3.8) is 0 Å². The number of amides is 3. The quantitative estimate of drug-likeness (QED) is 0.540. The van der Waals surface area contributed by atoms with Gasteiger partial charge in [-0.1, -0.05) is 12.1 Å². The molecule has 0 spiro atoms. The van der Waals surface area contributed by atoms with Gasteiger partial charge in [-0.15, -0.1) is 5.01 Å². The lowest BCUT2D eigenvalue weighted by atomic mass is 9.92. The van der Waals surface area contributed by atoms with E-state index in [1.54, 1.807) is 50.4 Å². The van der Waals surface area contributed by atoms with Gasteiger partial charge in [0, 0.05) is 30.4 Å². The van der Waals surface area contributed by atoms with Crippen LogP contribution in [0, 0.1) is 0 Å². The number of nitrogens with zero attached hydrogens (tertiary/aromatic N) is 3. The van der Waals surface area contributed by atoms with Gasteiger partial charge in [0.05, 0.1) is 13.3 Å². The van der Waals surface area contributed by atoms with Gasteiger partial charge >= 0.3 is 6.03 Å². The Morgan fingerprint density at radius 2 is 1.83 bits per heavy atom. The number of nitrogens with one attached hydrogen (secondary N) is 1. The highest BCUT2D eigenvalue weighted by Gasteiger charge is 2.49. The maximum absolute atomic E-state index is 12.9. The summed E-state index contributed by atoms with van der Waals surface area (Å²) >= 11 is 0. The fourth-order valence-corrected chi connectivity index (χ4v) is 3.40. The first-order valence-corrected chi connectivity index (χ1v) is 9.77. The zero-order valence-corrected chi connectivity index (χ0v) is 17.5. The smallest absolute Gasteiger partial charge is 0.346 e. The fourth-order valence-electron chi connectivity index (χ4n) is 3.40. The van der Waals surface area contributed by atoms with Crippen LogP contribution < -0.4 is 15.0 Å². The number of imide groups is 1. The molecule has 1 aliphatic heterocycles. The van der Waals surface area contributed by atoms with Gasteiger partial charge in [0.15, 0.2) is 0 Å². The minimum absolute atomic E-state index is 0.0214. The van der Waals surface area contributed by atoms with Crippen molar-refractivity contribution in [2.45, 2.75) is 26.3 Å². The Bertz CT molecular complexity index is 970. The Morgan fingerprint density at radius 3 is 2.40 bits per heavy atom. The molecule has 3 rings (SSSR count). The van der Waals surface area contributed by atoms with Crippen LogP contribution in [0.1, 0.15) is 31.9 Å². The van der Waals surface area contributed by atoms with Crippen LogP contribution in [-0.4, -0.2) is 48.5 Å². The third-order valence-electron chi connectivity index (χ3n) is 5.29. The van der Waals surface area contributed by atoms with Crippen molar-refractivity contribution >= 4 is 23.8 Å². The number of phenolic OH excluding ortho intramolecular Hbond substituents is 1. The fraction of sp³-hybridized carbons (Fsp3) is 0.318. The van der Waals surface area contributed by atoms with Gasteiger partial charge in [0.1, 0.15) is 17.0 Å². The van der Waals surface area contributed by atoms with Crippen LogP contribution in [0.4, 0.5) is 10.5 Å². The van der Waals surface area contributed by atoms with E-state index in [1.807, 2.05) is 19.9 Å². The number of carbonyl (C=O) groups is 2. The average molecular weight is 410 g/mol. The van der Waals surface area contributed by atoms with Crippen molar-refractivity contribution in [1.82, 2.24) is 10.3 Å². The van der Waals surface area contributed by atoms with Crippen LogP contribution in [0.3, 0.4) is 0 Å². The van der Waals surface area contributed by atoms with Crippen molar-refractivity contribution in [1.29, 1.82) is 0 Å². The number of benzene rings is 2. The summed E-state index contributed by atoms with van der Waals surface area (Å²) in [5.74, 6) is 0.166. The Hall–Kier alpha value is -3.55. The second-order valence-electron chi connectivity index (χ2n) is 7.06.